The minimum atomic E-state index is 0.129. The van der Waals surface area contributed by atoms with Gasteiger partial charge in [0.25, 0.3) is 0 Å². The van der Waals surface area contributed by atoms with Gasteiger partial charge in [0.1, 0.15) is 0 Å². The Morgan fingerprint density at radius 2 is 2.47 bits per heavy atom. The van der Waals surface area contributed by atoms with Gasteiger partial charge in [0.05, 0.1) is 16.8 Å². The molecule has 2 aromatic rings. The van der Waals surface area contributed by atoms with Crippen molar-refractivity contribution in [3.8, 4) is 0 Å². The van der Waals surface area contributed by atoms with Crippen LogP contribution in [0.4, 0.5) is 0 Å². The predicted octanol–water partition coefficient (Wildman–Crippen LogP) is 1.77. The van der Waals surface area contributed by atoms with Gasteiger partial charge in [-0.2, -0.15) is 0 Å². The SMILES string of the molecule is CC(CO)NCc1cnc2ccsc2c1. The molecule has 0 spiro atoms. The van der Waals surface area contributed by atoms with Crippen molar-refractivity contribution in [3.05, 3.63) is 29.3 Å². The van der Waals surface area contributed by atoms with Gasteiger partial charge in [0.2, 0.25) is 0 Å². The molecule has 0 fully saturated rings. The minimum absolute atomic E-state index is 0.129. The van der Waals surface area contributed by atoms with Gasteiger partial charge in [-0.15, -0.1) is 11.3 Å². The van der Waals surface area contributed by atoms with Crippen LogP contribution >= 0.6 is 11.3 Å². The van der Waals surface area contributed by atoms with Gasteiger partial charge in [-0.05, 0) is 30.0 Å². The molecule has 15 heavy (non-hydrogen) atoms. The van der Waals surface area contributed by atoms with Crippen LogP contribution in [0.3, 0.4) is 0 Å². The average Bonchev–Trinajstić information content (AvgIpc) is 2.72. The van der Waals surface area contributed by atoms with E-state index in [-0.39, 0.29) is 12.6 Å². The van der Waals surface area contributed by atoms with Gasteiger partial charge >= 0.3 is 0 Å². The molecule has 0 amide bonds. The van der Waals surface area contributed by atoms with Gasteiger partial charge in [-0.3, -0.25) is 4.98 Å². The summed E-state index contributed by atoms with van der Waals surface area (Å²) in [4.78, 5) is 4.35. The quantitative estimate of drug-likeness (QED) is 0.828. The number of aliphatic hydroxyl groups is 1. The van der Waals surface area contributed by atoms with E-state index in [0.29, 0.717) is 0 Å². The first-order chi connectivity index (χ1) is 7.29. The van der Waals surface area contributed by atoms with Crippen LogP contribution in [0.1, 0.15) is 12.5 Å². The Bertz CT molecular complexity index is 441. The summed E-state index contributed by atoms with van der Waals surface area (Å²) in [7, 11) is 0. The number of hydrogen-bond donors (Lipinski definition) is 2. The third-order valence-corrected chi connectivity index (χ3v) is 3.14. The maximum Gasteiger partial charge on any atom is 0.0809 e. The van der Waals surface area contributed by atoms with E-state index in [1.54, 1.807) is 11.3 Å². The fourth-order valence-electron chi connectivity index (χ4n) is 1.34. The zero-order valence-corrected chi connectivity index (χ0v) is 9.42. The highest BCUT2D eigenvalue weighted by Gasteiger charge is 2.01. The van der Waals surface area contributed by atoms with E-state index >= 15 is 0 Å². The number of rotatable bonds is 4. The topological polar surface area (TPSA) is 45.1 Å². The largest absolute Gasteiger partial charge is 0.395 e. The van der Waals surface area contributed by atoms with Crippen LogP contribution in [-0.2, 0) is 6.54 Å². The molecule has 0 aromatic carbocycles. The number of thiophene rings is 1. The van der Waals surface area contributed by atoms with Gasteiger partial charge in [0, 0.05) is 18.8 Å². The van der Waals surface area contributed by atoms with Crippen molar-refractivity contribution in [2.45, 2.75) is 19.5 Å². The van der Waals surface area contributed by atoms with E-state index < -0.39 is 0 Å². The van der Waals surface area contributed by atoms with Crippen molar-refractivity contribution >= 4 is 21.6 Å². The first-order valence-electron chi connectivity index (χ1n) is 4.96. The number of nitrogens with zero attached hydrogens (tertiary/aromatic N) is 1. The average molecular weight is 222 g/mol. The summed E-state index contributed by atoms with van der Waals surface area (Å²) in [6.07, 6.45) is 1.88. The van der Waals surface area contributed by atoms with Crippen LogP contribution in [0.2, 0.25) is 0 Å². The van der Waals surface area contributed by atoms with Crippen molar-refractivity contribution in [2.75, 3.05) is 6.61 Å². The van der Waals surface area contributed by atoms with Crippen molar-refractivity contribution in [2.24, 2.45) is 0 Å². The summed E-state index contributed by atoms with van der Waals surface area (Å²) in [5, 5.41) is 14.1. The highest BCUT2D eigenvalue weighted by atomic mass is 32.1. The van der Waals surface area contributed by atoms with E-state index in [9.17, 15) is 0 Å². The summed E-state index contributed by atoms with van der Waals surface area (Å²) in [6, 6.07) is 4.29. The first-order valence-corrected chi connectivity index (χ1v) is 5.84. The molecule has 2 heterocycles. The van der Waals surface area contributed by atoms with Gasteiger partial charge in [-0.1, -0.05) is 0 Å². The van der Waals surface area contributed by atoms with Crippen molar-refractivity contribution in [3.63, 3.8) is 0 Å². The smallest absolute Gasteiger partial charge is 0.0809 e. The normalized spacial score (nSPS) is 13.2. The number of fused-ring (bicyclic) bond motifs is 1. The lowest BCUT2D eigenvalue weighted by Gasteiger charge is -2.09. The predicted molar refractivity (Wildman–Crippen MR) is 63.0 cm³/mol. The molecule has 0 aliphatic carbocycles. The fourth-order valence-corrected chi connectivity index (χ4v) is 2.14. The lowest BCUT2D eigenvalue weighted by molar-refractivity contribution is 0.251. The molecule has 0 bridgehead atoms. The second kappa shape index (κ2) is 4.70. The van der Waals surface area contributed by atoms with Gasteiger partial charge < -0.3 is 10.4 Å². The molecule has 0 saturated carbocycles. The van der Waals surface area contributed by atoms with E-state index in [2.05, 4.69) is 16.4 Å². The lowest BCUT2D eigenvalue weighted by atomic mass is 10.2. The molecule has 80 valence electrons. The van der Waals surface area contributed by atoms with Crippen molar-refractivity contribution in [1.82, 2.24) is 10.3 Å². The second-order valence-corrected chi connectivity index (χ2v) is 4.56. The summed E-state index contributed by atoms with van der Waals surface area (Å²) in [5.41, 5.74) is 2.21. The Labute approximate surface area is 92.8 Å². The summed E-state index contributed by atoms with van der Waals surface area (Å²) >= 11 is 1.70. The molecule has 0 saturated heterocycles. The first kappa shape index (κ1) is 10.5. The third-order valence-electron chi connectivity index (χ3n) is 2.29. The molecule has 0 radical (unpaired) electrons. The molecular weight excluding hydrogens is 208 g/mol. The molecule has 2 rings (SSSR count). The molecule has 3 nitrogen and oxygen atoms in total. The molecule has 2 aromatic heterocycles. The number of aliphatic hydroxyl groups excluding tert-OH is 1. The highest BCUT2D eigenvalue weighted by molar-refractivity contribution is 7.17. The van der Waals surface area contributed by atoms with E-state index in [4.69, 9.17) is 5.11 Å². The van der Waals surface area contributed by atoms with Crippen LogP contribution in [-0.4, -0.2) is 22.7 Å². The van der Waals surface area contributed by atoms with Gasteiger partial charge in [0.15, 0.2) is 0 Å². The minimum Gasteiger partial charge on any atom is -0.395 e. The van der Waals surface area contributed by atoms with E-state index in [1.807, 2.05) is 24.6 Å². The number of aromatic nitrogens is 1. The molecule has 4 heteroatoms. The molecule has 1 unspecified atom stereocenters. The van der Waals surface area contributed by atoms with Crippen LogP contribution < -0.4 is 5.32 Å². The van der Waals surface area contributed by atoms with Crippen LogP contribution in [0, 0.1) is 0 Å². The van der Waals surface area contributed by atoms with Crippen molar-refractivity contribution in [1.29, 1.82) is 0 Å². The molecule has 0 aliphatic rings. The standard InChI is InChI=1S/C11H14N2OS/c1-8(7-14)12-5-9-4-11-10(13-6-9)2-3-15-11/h2-4,6,8,12,14H,5,7H2,1H3. The second-order valence-electron chi connectivity index (χ2n) is 3.61. The van der Waals surface area contributed by atoms with E-state index in [0.717, 1.165) is 17.6 Å². The van der Waals surface area contributed by atoms with Crippen LogP contribution in [0.15, 0.2) is 23.7 Å². The number of nitrogens with one attached hydrogen (secondary N) is 1. The Balaban J connectivity index is 2.08. The van der Waals surface area contributed by atoms with Crippen LogP contribution in [0.5, 0.6) is 0 Å². The molecule has 0 aliphatic heterocycles. The Morgan fingerprint density at radius 1 is 1.60 bits per heavy atom. The number of hydrogen-bond acceptors (Lipinski definition) is 4. The molecule has 2 N–H and O–H groups in total. The maximum absolute atomic E-state index is 8.88. The zero-order valence-electron chi connectivity index (χ0n) is 8.60. The lowest BCUT2D eigenvalue weighted by Crippen LogP contribution is -2.28. The zero-order chi connectivity index (χ0) is 10.7. The molecular formula is C11H14N2OS. The van der Waals surface area contributed by atoms with Crippen LogP contribution in [0.25, 0.3) is 10.2 Å². The Morgan fingerprint density at radius 3 is 3.27 bits per heavy atom. The summed E-state index contributed by atoms with van der Waals surface area (Å²) in [5.74, 6) is 0. The number of pyridine rings is 1. The molecule has 1 atom stereocenters. The van der Waals surface area contributed by atoms with E-state index in [1.165, 1.54) is 4.70 Å². The summed E-state index contributed by atoms with van der Waals surface area (Å²) in [6.45, 7) is 2.87. The Hall–Kier alpha value is -0.970. The Kier molecular flexibility index (Phi) is 3.30. The maximum atomic E-state index is 8.88. The fraction of sp³-hybridized carbons (Fsp3) is 0.364. The summed E-state index contributed by atoms with van der Waals surface area (Å²) < 4.78 is 1.21. The van der Waals surface area contributed by atoms with Gasteiger partial charge in [-0.25, -0.2) is 0 Å². The van der Waals surface area contributed by atoms with Crippen molar-refractivity contribution < 1.29 is 5.11 Å². The monoisotopic (exact) mass is 222 g/mol. The highest BCUT2D eigenvalue weighted by Crippen LogP contribution is 2.19. The third kappa shape index (κ3) is 2.53.